The van der Waals surface area contributed by atoms with E-state index in [4.69, 9.17) is 23.1 Å². The molecule has 0 saturated carbocycles. The van der Waals surface area contributed by atoms with Crippen molar-refractivity contribution in [1.29, 1.82) is 0 Å². The van der Waals surface area contributed by atoms with E-state index in [2.05, 4.69) is 0 Å². The molecule has 0 aromatic heterocycles. The maximum Gasteiger partial charge on any atom is 0.0438 e. The van der Waals surface area contributed by atoms with Crippen LogP contribution in [0, 0.1) is 6.92 Å². The van der Waals surface area contributed by atoms with Crippen LogP contribution in [0.2, 0.25) is 5.02 Å². The highest BCUT2D eigenvalue weighted by Crippen LogP contribution is 2.22. The van der Waals surface area contributed by atoms with Gasteiger partial charge in [0.1, 0.15) is 0 Å². The van der Waals surface area contributed by atoms with Crippen LogP contribution in [0.25, 0.3) is 0 Å². The Bertz CT molecular complexity index is 299. The number of benzene rings is 1. The lowest BCUT2D eigenvalue weighted by Gasteiger charge is -2.12. The molecule has 2 nitrogen and oxygen atoms in total. The van der Waals surface area contributed by atoms with E-state index in [1.54, 1.807) is 0 Å². The minimum atomic E-state index is 0.0525. The predicted molar refractivity (Wildman–Crippen MR) is 61.4 cm³/mol. The number of rotatable bonds is 4. The summed E-state index contributed by atoms with van der Waals surface area (Å²) in [5, 5.41) is 0.783. The Morgan fingerprint density at radius 3 is 2.71 bits per heavy atom. The maximum atomic E-state index is 6.01. The van der Waals surface area contributed by atoms with E-state index in [9.17, 15) is 0 Å². The molecule has 0 unspecified atom stereocenters. The minimum Gasteiger partial charge on any atom is -0.330 e. The van der Waals surface area contributed by atoms with Gasteiger partial charge in [-0.25, -0.2) is 0 Å². The van der Waals surface area contributed by atoms with Gasteiger partial charge in [-0.05, 0) is 43.5 Å². The van der Waals surface area contributed by atoms with E-state index < -0.39 is 0 Å². The molecule has 0 aliphatic rings. The Morgan fingerprint density at radius 2 is 2.14 bits per heavy atom. The van der Waals surface area contributed by atoms with Crippen molar-refractivity contribution < 1.29 is 0 Å². The lowest BCUT2D eigenvalue weighted by Crippen LogP contribution is -2.12. The molecule has 0 amide bonds. The molecule has 0 radical (unpaired) electrons. The second-order valence-electron chi connectivity index (χ2n) is 3.55. The molecule has 0 fully saturated rings. The summed E-state index contributed by atoms with van der Waals surface area (Å²) in [5.41, 5.74) is 13.6. The summed E-state index contributed by atoms with van der Waals surface area (Å²) >= 11 is 6.01. The lowest BCUT2D eigenvalue weighted by molar-refractivity contribution is 0.618. The first-order valence-corrected chi connectivity index (χ1v) is 5.24. The van der Waals surface area contributed by atoms with Gasteiger partial charge in [-0.2, -0.15) is 0 Å². The van der Waals surface area contributed by atoms with Crippen LogP contribution in [0.5, 0.6) is 0 Å². The van der Waals surface area contributed by atoms with Crippen molar-refractivity contribution in [3.05, 3.63) is 34.3 Å². The summed E-state index contributed by atoms with van der Waals surface area (Å²) < 4.78 is 0. The molecular weight excluding hydrogens is 196 g/mol. The highest BCUT2D eigenvalue weighted by molar-refractivity contribution is 6.31. The van der Waals surface area contributed by atoms with Gasteiger partial charge in [0, 0.05) is 11.1 Å². The van der Waals surface area contributed by atoms with Gasteiger partial charge in [0.05, 0.1) is 0 Å². The molecule has 1 atom stereocenters. The van der Waals surface area contributed by atoms with Crippen LogP contribution < -0.4 is 11.5 Å². The number of aryl methyl sites for hydroxylation is 1. The average Bonchev–Trinajstić information content (AvgIpc) is 2.18. The number of halogens is 1. The second-order valence-corrected chi connectivity index (χ2v) is 3.95. The molecule has 1 aromatic carbocycles. The van der Waals surface area contributed by atoms with Crippen molar-refractivity contribution in [3.63, 3.8) is 0 Å². The SMILES string of the molecule is Cc1ccc([C@@H](N)CCCN)cc1Cl. The highest BCUT2D eigenvalue weighted by Gasteiger charge is 2.06. The molecule has 0 heterocycles. The molecular formula is C11H17ClN2. The van der Waals surface area contributed by atoms with Crippen molar-refractivity contribution >= 4 is 11.6 Å². The van der Waals surface area contributed by atoms with Gasteiger partial charge in [-0.15, -0.1) is 0 Å². The first-order chi connectivity index (χ1) is 6.65. The Morgan fingerprint density at radius 1 is 1.43 bits per heavy atom. The Kier molecular flexibility index (Phi) is 4.39. The maximum absolute atomic E-state index is 6.01. The van der Waals surface area contributed by atoms with Crippen molar-refractivity contribution in [2.24, 2.45) is 11.5 Å². The van der Waals surface area contributed by atoms with E-state index in [1.807, 2.05) is 25.1 Å². The first kappa shape index (κ1) is 11.5. The zero-order chi connectivity index (χ0) is 10.6. The molecule has 0 aliphatic heterocycles. The van der Waals surface area contributed by atoms with Gasteiger partial charge in [-0.3, -0.25) is 0 Å². The highest BCUT2D eigenvalue weighted by atomic mass is 35.5. The summed E-state index contributed by atoms with van der Waals surface area (Å²) in [5.74, 6) is 0. The van der Waals surface area contributed by atoms with E-state index in [0.29, 0.717) is 6.54 Å². The number of hydrogen-bond donors (Lipinski definition) is 2. The molecule has 0 bridgehead atoms. The summed E-state index contributed by atoms with van der Waals surface area (Å²) in [6.07, 6.45) is 1.86. The topological polar surface area (TPSA) is 52.0 Å². The average molecular weight is 213 g/mol. The van der Waals surface area contributed by atoms with Gasteiger partial charge in [0.25, 0.3) is 0 Å². The van der Waals surface area contributed by atoms with Crippen LogP contribution in [0.1, 0.15) is 30.0 Å². The van der Waals surface area contributed by atoms with Gasteiger partial charge in [-0.1, -0.05) is 23.7 Å². The molecule has 1 rings (SSSR count). The third-order valence-corrected chi connectivity index (χ3v) is 2.75. The van der Waals surface area contributed by atoms with E-state index >= 15 is 0 Å². The van der Waals surface area contributed by atoms with Crippen LogP contribution in [-0.4, -0.2) is 6.54 Å². The van der Waals surface area contributed by atoms with Crippen LogP contribution in [0.15, 0.2) is 18.2 Å². The predicted octanol–water partition coefficient (Wildman–Crippen LogP) is 2.39. The smallest absolute Gasteiger partial charge is 0.0438 e. The van der Waals surface area contributed by atoms with Crippen LogP contribution in [-0.2, 0) is 0 Å². The zero-order valence-electron chi connectivity index (χ0n) is 8.46. The molecule has 0 saturated heterocycles. The van der Waals surface area contributed by atoms with Crippen LogP contribution in [0.4, 0.5) is 0 Å². The summed E-state index contributed by atoms with van der Waals surface area (Å²) in [4.78, 5) is 0. The van der Waals surface area contributed by atoms with E-state index in [1.165, 1.54) is 0 Å². The van der Waals surface area contributed by atoms with Gasteiger partial charge in [0.2, 0.25) is 0 Å². The van der Waals surface area contributed by atoms with Crippen molar-refractivity contribution in [1.82, 2.24) is 0 Å². The van der Waals surface area contributed by atoms with E-state index in [0.717, 1.165) is 29.0 Å². The van der Waals surface area contributed by atoms with E-state index in [-0.39, 0.29) is 6.04 Å². The van der Waals surface area contributed by atoms with Gasteiger partial charge < -0.3 is 11.5 Å². The zero-order valence-corrected chi connectivity index (χ0v) is 9.22. The van der Waals surface area contributed by atoms with Crippen LogP contribution in [0.3, 0.4) is 0 Å². The Balaban J connectivity index is 2.70. The summed E-state index contributed by atoms with van der Waals surface area (Å²) in [7, 11) is 0. The molecule has 3 heteroatoms. The number of hydrogen-bond acceptors (Lipinski definition) is 2. The molecule has 78 valence electrons. The fraction of sp³-hybridized carbons (Fsp3) is 0.455. The third kappa shape index (κ3) is 2.98. The largest absolute Gasteiger partial charge is 0.330 e. The van der Waals surface area contributed by atoms with Gasteiger partial charge >= 0.3 is 0 Å². The fourth-order valence-corrected chi connectivity index (χ4v) is 1.53. The van der Waals surface area contributed by atoms with Crippen LogP contribution >= 0.6 is 11.6 Å². The monoisotopic (exact) mass is 212 g/mol. The second kappa shape index (κ2) is 5.35. The summed E-state index contributed by atoms with van der Waals surface area (Å²) in [6, 6.07) is 6.03. The molecule has 1 aromatic rings. The minimum absolute atomic E-state index is 0.0525. The third-order valence-electron chi connectivity index (χ3n) is 2.34. The quantitative estimate of drug-likeness (QED) is 0.805. The molecule has 0 spiro atoms. The summed E-state index contributed by atoms with van der Waals surface area (Å²) in [6.45, 7) is 2.67. The lowest BCUT2D eigenvalue weighted by atomic mass is 10.0. The first-order valence-electron chi connectivity index (χ1n) is 4.87. The standard InChI is InChI=1S/C11H17ClN2/c1-8-4-5-9(7-10(8)12)11(14)3-2-6-13/h4-5,7,11H,2-3,6,13-14H2,1H3/t11-/m0/s1. The molecule has 0 aliphatic carbocycles. The van der Waals surface area contributed by atoms with Crippen molar-refractivity contribution in [2.75, 3.05) is 6.54 Å². The molecule has 14 heavy (non-hydrogen) atoms. The van der Waals surface area contributed by atoms with Crippen molar-refractivity contribution in [3.8, 4) is 0 Å². The Hall–Kier alpha value is -0.570. The molecule has 4 N–H and O–H groups in total. The van der Waals surface area contributed by atoms with Crippen molar-refractivity contribution in [2.45, 2.75) is 25.8 Å². The fourth-order valence-electron chi connectivity index (χ4n) is 1.34. The number of nitrogens with two attached hydrogens (primary N) is 2. The normalized spacial score (nSPS) is 12.9. The van der Waals surface area contributed by atoms with Gasteiger partial charge in [0.15, 0.2) is 0 Å². The Labute approximate surface area is 90.2 Å².